The molecule has 0 rings (SSSR count). The minimum Gasteiger partial charge on any atom is -0.464 e. The molecule has 0 heterocycles. The number of hydrogen-bond acceptors (Lipinski definition) is 7. The van der Waals surface area contributed by atoms with E-state index in [2.05, 4.69) is 20.8 Å². The van der Waals surface area contributed by atoms with Crippen LogP contribution in [0.2, 0.25) is 0 Å². The summed E-state index contributed by atoms with van der Waals surface area (Å²) in [5.41, 5.74) is 0. The molecule has 0 radical (unpaired) electrons. The molecule has 0 aromatic carbocycles. The first-order chi connectivity index (χ1) is 13.3. The SMILES string of the molecule is C=C(F)C(=O)OC(OCCCCC(F)(F)C(F)(F)S(=O)(=O)O)(C(=O)OC)C(F)(F)F. The van der Waals surface area contributed by atoms with Crippen LogP contribution in [0, 0.1) is 0 Å². The van der Waals surface area contributed by atoms with E-state index in [1.165, 1.54) is 0 Å². The lowest BCUT2D eigenvalue weighted by Gasteiger charge is -2.31. The van der Waals surface area contributed by atoms with Gasteiger partial charge in [0.15, 0.2) is 0 Å². The molecule has 1 N–H and O–H groups in total. The number of carbonyl (C=O) groups is 2. The highest BCUT2D eigenvalue weighted by molar-refractivity contribution is 7.87. The van der Waals surface area contributed by atoms with E-state index >= 15 is 0 Å². The lowest BCUT2D eigenvalue weighted by Crippen LogP contribution is -2.58. The van der Waals surface area contributed by atoms with E-state index in [-0.39, 0.29) is 0 Å². The van der Waals surface area contributed by atoms with Crippen LogP contribution in [0.3, 0.4) is 0 Å². The summed E-state index contributed by atoms with van der Waals surface area (Å²) in [7, 11) is -6.10. The first kappa shape index (κ1) is 28.0. The fourth-order valence-corrected chi connectivity index (χ4v) is 2.18. The van der Waals surface area contributed by atoms with Crippen LogP contribution in [-0.2, 0) is 33.9 Å². The van der Waals surface area contributed by atoms with E-state index < -0.39 is 76.9 Å². The molecule has 0 amide bonds. The Morgan fingerprint density at radius 3 is 1.90 bits per heavy atom. The average molecular weight is 482 g/mol. The summed E-state index contributed by atoms with van der Waals surface area (Å²) >= 11 is 0. The molecule has 176 valence electrons. The highest BCUT2D eigenvalue weighted by Crippen LogP contribution is 2.42. The molecule has 0 aliphatic rings. The van der Waals surface area contributed by atoms with Gasteiger partial charge in [-0.25, -0.2) is 9.59 Å². The molecule has 8 nitrogen and oxygen atoms in total. The van der Waals surface area contributed by atoms with Crippen molar-refractivity contribution in [2.24, 2.45) is 0 Å². The number of methoxy groups -OCH3 is 1. The number of esters is 2. The van der Waals surface area contributed by atoms with E-state index in [0.717, 1.165) is 0 Å². The molecule has 0 fully saturated rings. The van der Waals surface area contributed by atoms with Crippen molar-refractivity contribution in [3.8, 4) is 0 Å². The van der Waals surface area contributed by atoms with Gasteiger partial charge in [0, 0.05) is 6.42 Å². The molecule has 0 spiro atoms. The van der Waals surface area contributed by atoms with Gasteiger partial charge < -0.3 is 14.2 Å². The number of unbranched alkanes of at least 4 members (excludes halogenated alkanes) is 1. The van der Waals surface area contributed by atoms with Crippen molar-refractivity contribution >= 4 is 22.1 Å². The second-order valence-electron chi connectivity index (χ2n) is 5.40. The molecule has 0 saturated heterocycles. The van der Waals surface area contributed by atoms with Crippen molar-refractivity contribution in [2.75, 3.05) is 13.7 Å². The maximum Gasteiger partial charge on any atom is 0.468 e. The van der Waals surface area contributed by atoms with Gasteiger partial charge in [0.25, 0.3) is 0 Å². The van der Waals surface area contributed by atoms with Gasteiger partial charge in [-0.05, 0) is 12.8 Å². The Morgan fingerprint density at radius 1 is 1.03 bits per heavy atom. The third-order valence-corrected chi connectivity index (χ3v) is 4.17. The molecule has 1 atom stereocenters. The molecule has 0 aliphatic heterocycles. The van der Waals surface area contributed by atoms with Gasteiger partial charge in [-0.2, -0.15) is 43.5 Å². The largest absolute Gasteiger partial charge is 0.468 e. The summed E-state index contributed by atoms with van der Waals surface area (Å²) in [6.45, 7) is 0.993. The van der Waals surface area contributed by atoms with Crippen LogP contribution in [0.5, 0.6) is 0 Å². The minimum atomic E-state index is -6.51. The molecule has 0 aromatic rings. The van der Waals surface area contributed by atoms with Gasteiger partial charge in [-0.15, -0.1) is 0 Å². The Hall–Kier alpha value is -2.01. The zero-order valence-electron chi connectivity index (χ0n) is 14.8. The molecular weight excluding hydrogens is 468 g/mol. The predicted molar refractivity (Wildman–Crippen MR) is 78.4 cm³/mol. The van der Waals surface area contributed by atoms with Crippen LogP contribution in [-0.4, -0.2) is 61.8 Å². The van der Waals surface area contributed by atoms with Crippen molar-refractivity contribution in [2.45, 2.75) is 42.4 Å². The van der Waals surface area contributed by atoms with Crippen LogP contribution in [0.1, 0.15) is 19.3 Å². The third kappa shape index (κ3) is 6.00. The lowest BCUT2D eigenvalue weighted by molar-refractivity contribution is -0.354. The monoisotopic (exact) mass is 482 g/mol. The summed E-state index contributed by atoms with van der Waals surface area (Å²) in [5.74, 6) is -16.7. The summed E-state index contributed by atoms with van der Waals surface area (Å²) in [4.78, 5) is 22.6. The molecular formula is C13H14F8O8S. The topological polar surface area (TPSA) is 116 Å². The first-order valence-corrected chi connectivity index (χ1v) is 8.80. The van der Waals surface area contributed by atoms with E-state index in [1.54, 1.807) is 0 Å². The second kappa shape index (κ2) is 9.42. The van der Waals surface area contributed by atoms with Gasteiger partial charge in [0.05, 0.1) is 13.7 Å². The van der Waals surface area contributed by atoms with Crippen molar-refractivity contribution in [1.29, 1.82) is 0 Å². The van der Waals surface area contributed by atoms with E-state index in [0.29, 0.717) is 7.11 Å². The fourth-order valence-electron chi connectivity index (χ4n) is 1.70. The Balaban J connectivity index is 5.35. The van der Waals surface area contributed by atoms with Gasteiger partial charge in [-0.1, -0.05) is 6.58 Å². The van der Waals surface area contributed by atoms with Crippen LogP contribution < -0.4 is 0 Å². The number of hydrogen-bond donors (Lipinski definition) is 1. The second-order valence-corrected chi connectivity index (χ2v) is 6.87. The summed E-state index contributed by atoms with van der Waals surface area (Å²) < 4.78 is 145. The van der Waals surface area contributed by atoms with E-state index in [9.17, 15) is 53.1 Å². The molecule has 0 aliphatic carbocycles. The van der Waals surface area contributed by atoms with Crippen molar-refractivity contribution in [3.63, 3.8) is 0 Å². The normalized spacial score (nSPS) is 15.3. The van der Waals surface area contributed by atoms with Gasteiger partial charge in [-0.3, -0.25) is 4.55 Å². The molecule has 17 heteroatoms. The molecule has 0 aromatic heterocycles. The number of halogens is 8. The van der Waals surface area contributed by atoms with Crippen LogP contribution in [0.25, 0.3) is 0 Å². The third-order valence-electron chi connectivity index (χ3n) is 3.23. The quantitative estimate of drug-likeness (QED) is 0.119. The molecule has 0 bridgehead atoms. The number of alkyl halides is 7. The van der Waals surface area contributed by atoms with E-state index in [4.69, 9.17) is 4.55 Å². The summed E-state index contributed by atoms with van der Waals surface area (Å²) in [5, 5.41) is -5.89. The molecule has 0 saturated carbocycles. The first-order valence-electron chi connectivity index (χ1n) is 7.36. The van der Waals surface area contributed by atoms with Crippen LogP contribution in [0.4, 0.5) is 35.1 Å². The minimum absolute atomic E-state index is 0.405. The summed E-state index contributed by atoms with van der Waals surface area (Å²) in [6, 6.07) is 0. The predicted octanol–water partition coefficient (Wildman–Crippen LogP) is 2.75. The van der Waals surface area contributed by atoms with Gasteiger partial charge in [0.1, 0.15) is 0 Å². The number of ether oxygens (including phenoxy) is 3. The highest BCUT2D eigenvalue weighted by atomic mass is 32.2. The Kier molecular flexibility index (Phi) is 8.79. The van der Waals surface area contributed by atoms with Gasteiger partial charge in [0.2, 0.25) is 5.83 Å². The van der Waals surface area contributed by atoms with E-state index in [1.807, 2.05) is 0 Å². The molecule has 30 heavy (non-hydrogen) atoms. The fraction of sp³-hybridized carbons (Fsp3) is 0.692. The molecule has 1 unspecified atom stereocenters. The zero-order valence-corrected chi connectivity index (χ0v) is 15.6. The van der Waals surface area contributed by atoms with Crippen LogP contribution in [0.15, 0.2) is 12.4 Å². The van der Waals surface area contributed by atoms with Crippen LogP contribution >= 0.6 is 0 Å². The Labute approximate surface area is 163 Å². The standard InChI is InChI=1S/C13H14F8O8S/c1-7(14)8(22)29-11(9(23)27-2,12(17,18)19)28-6-4-3-5-10(15,16)13(20,21)30(24,25)26/h1,3-6H2,2H3,(H,24,25,26). The van der Waals surface area contributed by atoms with Crippen molar-refractivity contribution in [1.82, 2.24) is 0 Å². The maximum absolute atomic E-state index is 13.3. The maximum atomic E-state index is 13.3. The van der Waals surface area contributed by atoms with Crippen molar-refractivity contribution < 1.29 is 71.9 Å². The highest BCUT2D eigenvalue weighted by Gasteiger charge is 2.68. The average Bonchev–Trinajstić information content (AvgIpc) is 2.56. The lowest BCUT2D eigenvalue weighted by atomic mass is 10.1. The smallest absolute Gasteiger partial charge is 0.464 e. The summed E-state index contributed by atoms with van der Waals surface area (Å²) in [6.07, 6.45) is -9.87. The number of carbonyl (C=O) groups excluding carboxylic acids is 2. The number of rotatable bonds is 11. The Bertz CT molecular complexity index is 764. The zero-order chi connectivity index (χ0) is 24.2. The van der Waals surface area contributed by atoms with Gasteiger partial charge >= 0.3 is 45.2 Å². The Morgan fingerprint density at radius 2 is 1.53 bits per heavy atom. The van der Waals surface area contributed by atoms with Crippen molar-refractivity contribution in [3.05, 3.63) is 12.4 Å².